The zero-order chi connectivity index (χ0) is 19.1. The first-order valence-corrected chi connectivity index (χ1v) is 9.13. The molecule has 27 heavy (non-hydrogen) atoms. The third-order valence-electron chi connectivity index (χ3n) is 4.88. The molecule has 4 nitrogen and oxygen atoms in total. The van der Waals surface area contributed by atoms with Crippen LogP contribution in [0.4, 0.5) is 0 Å². The van der Waals surface area contributed by atoms with Gasteiger partial charge < -0.3 is 9.97 Å². The molecule has 0 spiro atoms. The maximum atomic E-state index is 12.4. The molecule has 3 aromatic carbocycles. The molecule has 0 aliphatic heterocycles. The average Bonchev–Trinajstić information content (AvgIpc) is 3.30. The van der Waals surface area contributed by atoms with Gasteiger partial charge in [-0.05, 0) is 25.1 Å². The number of H-pyrrole nitrogens is 2. The molecule has 5 aromatic rings. The molecule has 2 N–H and O–H groups in total. The van der Waals surface area contributed by atoms with Crippen molar-refractivity contribution in [2.75, 3.05) is 0 Å². The Bertz CT molecular complexity index is 1340. The van der Waals surface area contributed by atoms with E-state index >= 15 is 0 Å². The van der Waals surface area contributed by atoms with E-state index in [4.69, 9.17) is 0 Å². The normalized spacial score (nSPS) is 11.1. The minimum absolute atomic E-state index is 0.414. The Labute approximate surface area is 156 Å². The third kappa shape index (κ3) is 2.45. The number of nitrogens with one attached hydrogen (secondary N) is 2. The van der Waals surface area contributed by atoms with Crippen molar-refractivity contribution in [2.24, 2.45) is 0 Å². The minimum atomic E-state index is -0.415. The summed E-state index contributed by atoms with van der Waals surface area (Å²) in [6, 6.07) is 13.8. The minimum Gasteiger partial charge on any atom is -0.361 e. The summed E-state index contributed by atoms with van der Waals surface area (Å²) in [7, 11) is 0. The molecule has 4 heteroatoms. The Morgan fingerprint density at radius 1 is 0.704 bits per heavy atom. The van der Waals surface area contributed by atoms with E-state index in [0.29, 0.717) is 11.1 Å². The summed E-state index contributed by atoms with van der Waals surface area (Å²) in [4.78, 5) is 31.2. The van der Waals surface area contributed by atoms with Crippen LogP contribution in [0.2, 0.25) is 0 Å². The van der Waals surface area contributed by atoms with E-state index in [1.807, 2.05) is 75.6 Å². The van der Waals surface area contributed by atoms with Crippen LogP contribution in [0.15, 0.2) is 64.4 Å². The van der Waals surface area contributed by atoms with Crippen LogP contribution in [-0.4, -0.2) is 9.97 Å². The van der Waals surface area contributed by atoms with Crippen molar-refractivity contribution < 1.29 is 0 Å². The zero-order valence-corrected chi connectivity index (χ0v) is 15.5. The quantitative estimate of drug-likeness (QED) is 0.441. The molecule has 0 aliphatic rings. The maximum absolute atomic E-state index is 12.4. The van der Waals surface area contributed by atoms with Gasteiger partial charge in [0, 0.05) is 56.5 Å². The Hall–Kier alpha value is -3.40. The molecule has 0 aliphatic carbocycles. The van der Waals surface area contributed by atoms with Gasteiger partial charge in [0.25, 0.3) is 0 Å². The smallest absolute Gasteiger partial charge is 0.235 e. The first kappa shape index (κ1) is 17.0. The van der Waals surface area contributed by atoms with E-state index < -0.39 is 10.9 Å². The molecular weight excluding hydrogens is 336 g/mol. The van der Waals surface area contributed by atoms with Gasteiger partial charge in [0.2, 0.25) is 10.9 Å². The highest BCUT2D eigenvalue weighted by Gasteiger charge is 2.27. The standard InChI is InChI=1S/C21H14N2O2.C2H6/c1-11-6-7-17-13(8-11)15(10-23-17)19-18(20(24)21(19)25)14-9-22-16-5-3-2-4-12(14)16;1-2/h2-10,22-23H,1H3;1-2H3. The fraction of sp³-hybridized carbons (Fsp3) is 0.130. The fourth-order valence-electron chi connectivity index (χ4n) is 3.63. The highest BCUT2D eigenvalue weighted by Crippen LogP contribution is 2.36. The summed E-state index contributed by atoms with van der Waals surface area (Å²) >= 11 is 0. The largest absolute Gasteiger partial charge is 0.361 e. The number of aromatic nitrogens is 2. The van der Waals surface area contributed by atoms with E-state index in [1.165, 1.54) is 0 Å². The van der Waals surface area contributed by atoms with Gasteiger partial charge in [0.05, 0.1) is 0 Å². The first-order chi connectivity index (χ1) is 13.1. The second-order valence-electron chi connectivity index (χ2n) is 6.41. The molecular formula is C23H20N2O2. The molecule has 2 aromatic heterocycles. The number of fused-ring (bicyclic) bond motifs is 2. The molecule has 0 saturated carbocycles. The van der Waals surface area contributed by atoms with E-state index in [9.17, 15) is 9.59 Å². The number of benzene rings is 2. The Morgan fingerprint density at radius 2 is 1.26 bits per heavy atom. The lowest BCUT2D eigenvalue weighted by Crippen LogP contribution is -2.34. The van der Waals surface area contributed by atoms with Gasteiger partial charge in [-0.2, -0.15) is 0 Å². The van der Waals surface area contributed by atoms with Crippen LogP contribution in [0.3, 0.4) is 0 Å². The topological polar surface area (TPSA) is 65.7 Å². The number of aromatic amines is 2. The summed E-state index contributed by atoms with van der Waals surface area (Å²) in [5.41, 5.74) is 4.78. The van der Waals surface area contributed by atoms with Crippen LogP contribution < -0.4 is 10.9 Å². The van der Waals surface area contributed by atoms with Gasteiger partial charge in [0.15, 0.2) is 0 Å². The lowest BCUT2D eigenvalue weighted by atomic mass is 9.89. The van der Waals surface area contributed by atoms with E-state index in [0.717, 1.165) is 38.5 Å². The fourth-order valence-corrected chi connectivity index (χ4v) is 3.63. The van der Waals surface area contributed by atoms with Gasteiger partial charge >= 0.3 is 0 Å². The van der Waals surface area contributed by atoms with Gasteiger partial charge in [-0.25, -0.2) is 0 Å². The Balaban J connectivity index is 0.000000872. The lowest BCUT2D eigenvalue weighted by Gasteiger charge is -2.10. The molecule has 134 valence electrons. The van der Waals surface area contributed by atoms with Crippen molar-refractivity contribution in [1.29, 1.82) is 0 Å². The molecule has 0 saturated heterocycles. The average molecular weight is 356 g/mol. The summed E-state index contributed by atoms with van der Waals surface area (Å²) in [6.45, 7) is 6.01. The van der Waals surface area contributed by atoms with E-state index in [1.54, 1.807) is 0 Å². The monoisotopic (exact) mass is 356 g/mol. The predicted molar refractivity (Wildman–Crippen MR) is 112 cm³/mol. The number of para-hydroxylation sites is 1. The van der Waals surface area contributed by atoms with Crippen LogP contribution in [-0.2, 0) is 0 Å². The second-order valence-corrected chi connectivity index (χ2v) is 6.41. The SMILES string of the molecule is CC.Cc1ccc2[nH]cc(-c3c(-c4c[nH]c5ccccc45)c(=O)c3=O)c2c1. The Morgan fingerprint density at radius 3 is 1.93 bits per heavy atom. The van der Waals surface area contributed by atoms with Crippen LogP contribution in [0.25, 0.3) is 44.1 Å². The molecule has 0 atom stereocenters. The lowest BCUT2D eigenvalue weighted by molar-refractivity contribution is 1.39. The van der Waals surface area contributed by atoms with Crippen LogP contribution in [0, 0.1) is 6.92 Å². The van der Waals surface area contributed by atoms with Crippen LogP contribution in [0.5, 0.6) is 0 Å². The highest BCUT2D eigenvalue weighted by molar-refractivity contribution is 6.06. The Kier molecular flexibility index (Phi) is 4.04. The summed E-state index contributed by atoms with van der Waals surface area (Å²) in [5.74, 6) is 0. The first-order valence-electron chi connectivity index (χ1n) is 9.13. The molecule has 0 fully saturated rings. The van der Waals surface area contributed by atoms with Gasteiger partial charge in [-0.1, -0.05) is 43.7 Å². The van der Waals surface area contributed by atoms with Crippen molar-refractivity contribution in [3.63, 3.8) is 0 Å². The predicted octanol–water partition coefficient (Wildman–Crippen LogP) is 4.91. The summed E-state index contributed by atoms with van der Waals surface area (Å²) in [6.07, 6.45) is 3.63. The molecule has 0 unspecified atom stereocenters. The number of aryl methyl sites for hydroxylation is 1. The molecule has 0 amide bonds. The number of hydrogen-bond donors (Lipinski definition) is 2. The second kappa shape index (κ2) is 6.40. The van der Waals surface area contributed by atoms with Crippen molar-refractivity contribution in [2.45, 2.75) is 20.8 Å². The van der Waals surface area contributed by atoms with Gasteiger partial charge in [0.1, 0.15) is 0 Å². The number of rotatable bonds is 2. The van der Waals surface area contributed by atoms with E-state index in [-0.39, 0.29) is 0 Å². The van der Waals surface area contributed by atoms with Crippen molar-refractivity contribution in [3.8, 4) is 22.3 Å². The van der Waals surface area contributed by atoms with Crippen LogP contribution in [0.1, 0.15) is 19.4 Å². The zero-order valence-electron chi connectivity index (χ0n) is 15.5. The van der Waals surface area contributed by atoms with Crippen molar-refractivity contribution in [1.82, 2.24) is 9.97 Å². The molecule has 2 heterocycles. The number of hydrogen-bond acceptors (Lipinski definition) is 2. The molecule has 0 radical (unpaired) electrons. The van der Waals surface area contributed by atoms with Crippen molar-refractivity contribution >= 4 is 21.8 Å². The van der Waals surface area contributed by atoms with Gasteiger partial charge in [-0.15, -0.1) is 0 Å². The van der Waals surface area contributed by atoms with Crippen molar-refractivity contribution in [3.05, 3.63) is 80.9 Å². The maximum Gasteiger partial charge on any atom is 0.235 e. The summed E-state index contributed by atoms with van der Waals surface area (Å²) in [5, 5.41) is 1.92. The van der Waals surface area contributed by atoms with Gasteiger partial charge in [-0.3, -0.25) is 9.59 Å². The van der Waals surface area contributed by atoms with Crippen LogP contribution >= 0.6 is 0 Å². The third-order valence-corrected chi connectivity index (χ3v) is 4.88. The summed E-state index contributed by atoms with van der Waals surface area (Å²) < 4.78 is 0. The molecule has 5 rings (SSSR count). The highest BCUT2D eigenvalue weighted by atomic mass is 16.2. The van der Waals surface area contributed by atoms with E-state index in [2.05, 4.69) is 9.97 Å². The molecule has 0 bridgehead atoms.